The fraction of sp³-hybridized carbons (Fsp3) is 0.952. The van der Waals surface area contributed by atoms with Gasteiger partial charge in [0.05, 0.1) is 5.41 Å². The number of hydrogen-bond acceptors (Lipinski definition) is 3. The van der Waals surface area contributed by atoms with E-state index in [2.05, 4.69) is 18.7 Å². The van der Waals surface area contributed by atoms with Crippen molar-refractivity contribution in [1.29, 1.82) is 0 Å². The van der Waals surface area contributed by atoms with Gasteiger partial charge in [-0.15, -0.1) is 12.4 Å². The summed E-state index contributed by atoms with van der Waals surface area (Å²) >= 11 is 0. The van der Waals surface area contributed by atoms with E-state index < -0.39 is 0 Å². The number of likely N-dealkylation sites (N-methyl/N-ethyl adjacent to an activating group) is 1. The zero-order chi connectivity index (χ0) is 17.3. The molecular formula is C21H40ClNO2. The van der Waals surface area contributed by atoms with Crippen molar-refractivity contribution < 1.29 is 9.53 Å². The Morgan fingerprint density at radius 3 is 2.20 bits per heavy atom. The SMILES string of the molecule is CCN(CC)CCOC(=O)C1(CCC2CCCCC2)CCCCC1.Cl. The van der Waals surface area contributed by atoms with Gasteiger partial charge < -0.3 is 9.64 Å². The molecule has 4 heteroatoms. The van der Waals surface area contributed by atoms with E-state index >= 15 is 0 Å². The van der Waals surface area contributed by atoms with Crippen LogP contribution in [-0.2, 0) is 9.53 Å². The Hall–Kier alpha value is -0.280. The molecule has 0 amide bonds. The molecule has 0 aromatic rings. The monoisotopic (exact) mass is 373 g/mol. The number of carbonyl (C=O) groups is 1. The molecule has 0 aromatic heterocycles. The smallest absolute Gasteiger partial charge is 0.312 e. The van der Waals surface area contributed by atoms with Gasteiger partial charge in [-0.3, -0.25) is 4.79 Å². The van der Waals surface area contributed by atoms with Gasteiger partial charge in [0.1, 0.15) is 6.61 Å². The number of nitrogens with zero attached hydrogens (tertiary/aromatic N) is 1. The minimum absolute atomic E-state index is 0. The second-order valence-corrected chi connectivity index (χ2v) is 8.05. The number of hydrogen-bond donors (Lipinski definition) is 0. The van der Waals surface area contributed by atoms with E-state index in [-0.39, 0.29) is 23.8 Å². The Bertz CT molecular complexity index is 359. The Morgan fingerprint density at radius 2 is 1.60 bits per heavy atom. The summed E-state index contributed by atoms with van der Waals surface area (Å²) in [7, 11) is 0. The fourth-order valence-corrected chi connectivity index (χ4v) is 4.70. The van der Waals surface area contributed by atoms with Crippen LogP contribution in [0.15, 0.2) is 0 Å². The van der Waals surface area contributed by atoms with E-state index in [0.717, 1.165) is 44.8 Å². The van der Waals surface area contributed by atoms with Crippen LogP contribution in [-0.4, -0.2) is 37.1 Å². The Labute approximate surface area is 161 Å². The van der Waals surface area contributed by atoms with Crippen LogP contribution in [0.5, 0.6) is 0 Å². The third-order valence-corrected chi connectivity index (χ3v) is 6.53. The lowest BCUT2D eigenvalue weighted by Crippen LogP contribution is -2.37. The van der Waals surface area contributed by atoms with Crippen LogP contribution < -0.4 is 0 Å². The van der Waals surface area contributed by atoms with Gasteiger partial charge in [0, 0.05) is 6.54 Å². The number of ether oxygens (including phenoxy) is 1. The highest BCUT2D eigenvalue weighted by molar-refractivity contribution is 5.85. The van der Waals surface area contributed by atoms with E-state index in [4.69, 9.17) is 4.74 Å². The molecule has 0 N–H and O–H groups in total. The standard InChI is InChI=1S/C21H39NO2.ClH/c1-3-22(4-2)17-18-24-20(23)21(14-9-6-10-15-21)16-13-19-11-7-5-8-12-19;/h19H,3-18H2,1-2H3;1H. The molecule has 2 aliphatic carbocycles. The fourth-order valence-electron chi connectivity index (χ4n) is 4.70. The summed E-state index contributed by atoms with van der Waals surface area (Å²) in [6.07, 6.45) is 15.1. The molecule has 0 radical (unpaired) electrons. The van der Waals surface area contributed by atoms with Crippen molar-refractivity contribution in [2.24, 2.45) is 11.3 Å². The zero-order valence-electron chi connectivity index (χ0n) is 16.6. The van der Waals surface area contributed by atoms with Gasteiger partial charge >= 0.3 is 5.97 Å². The molecule has 0 unspecified atom stereocenters. The van der Waals surface area contributed by atoms with E-state index in [9.17, 15) is 4.79 Å². The first-order valence-electron chi connectivity index (χ1n) is 10.6. The zero-order valence-corrected chi connectivity index (χ0v) is 17.4. The molecule has 148 valence electrons. The van der Waals surface area contributed by atoms with Crippen LogP contribution in [0.3, 0.4) is 0 Å². The van der Waals surface area contributed by atoms with Gasteiger partial charge in [-0.05, 0) is 44.7 Å². The molecule has 2 saturated carbocycles. The topological polar surface area (TPSA) is 29.5 Å². The maximum atomic E-state index is 12.9. The normalized spacial score (nSPS) is 20.9. The minimum atomic E-state index is -0.154. The molecule has 0 aromatic carbocycles. The van der Waals surface area contributed by atoms with Crippen LogP contribution in [0.4, 0.5) is 0 Å². The Kier molecular flexibility index (Phi) is 11.1. The van der Waals surface area contributed by atoms with Gasteiger partial charge in [-0.1, -0.05) is 65.2 Å². The van der Waals surface area contributed by atoms with Crippen molar-refractivity contribution in [3.8, 4) is 0 Å². The maximum Gasteiger partial charge on any atom is 0.312 e. The average Bonchev–Trinajstić information content (AvgIpc) is 2.65. The molecule has 0 saturated heterocycles. The summed E-state index contributed by atoms with van der Waals surface area (Å²) in [6.45, 7) is 7.82. The average molecular weight is 374 g/mol. The molecular weight excluding hydrogens is 334 g/mol. The lowest BCUT2D eigenvalue weighted by molar-refractivity contribution is -0.159. The summed E-state index contributed by atoms with van der Waals surface area (Å²) in [6, 6.07) is 0. The number of rotatable bonds is 9. The van der Waals surface area contributed by atoms with Crippen LogP contribution in [0.1, 0.15) is 90.9 Å². The third kappa shape index (κ3) is 7.09. The second-order valence-electron chi connectivity index (χ2n) is 8.05. The Balaban J connectivity index is 0.00000312. The third-order valence-electron chi connectivity index (χ3n) is 6.53. The van der Waals surface area contributed by atoms with Gasteiger partial charge in [-0.25, -0.2) is 0 Å². The highest BCUT2D eigenvalue weighted by atomic mass is 35.5. The van der Waals surface area contributed by atoms with Gasteiger partial charge in [0.15, 0.2) is 0 Å². The van der Waals surface area contributed by atoms with Gasteiger partial charge in [0.2, 0.25) is 0 Å². The van der Waals surface area contributed by atoms with Crippen LogP contribution >= 0.6 is 12.4 Å². The van der Waals surface area contributed by atoms with Gasteiger partial charge in [-0.2, -0.15) is 0 Å². The first-order chi connectivity index (χ1) is 11.7. The number of halogens is 1. The molecule has 0 atom stereocenters. The van der Waals surface area contributed by atoms with Crippen LogP contribution in [0.2, 0.25) is 0 Å². The lowest BCUT2D eigenvalue weighted by atomic mass is 9.69. The second kappa shape index (κ2) is 12.2. The number of esters is 1. The minimum Gasteiger partial charge on any atom is -0.464 e. The largest absolute Gasteiger partial charge is 0.464 e. The van der Waals surface area contributed by atoms with Crippen molar-refractivity contribution in [2.45, 2.75) is 90.9 Å². The van der Waals surface area contributed by atoms with Crippen molar-refractivity contribution in [3.05, 3.63) is 0 Å². The maximum absolute atomic E-state index is 12.9. The van der Waals surface area contributed by atoms with E-state index in [1.54, 1.807) is 0 Å². The number of carbonyl (C=O) groups excluding carboxylic acids is 1. The summed E-state index contributed by atoms with van der Waals surface area (Å²) in [5.41, 5.74) is -0.154. The summed E-state index contributed by atoms with van der Waals surface area (Å²) in [4.78, 5) is 15.2. The molecule has 3 nitrogen and oxygen atoms in total. The molecule has 2 fully saturated rings. The Morgan fingerprint density at radius 1 is 1.00 bits per heavy atom. The predicted octanol–water partition coefficient (Wildman–Crippen LogP) is 5.60. The molecule has 25 heavy (non-hydrogen) atoms. The molecule has 0 aliphatic heterocycles. The highest BCUT2D eigenvalue weighted by Crippen LogP contribution is 2.43. The summed E-state index contributed by atoms with van der Waals surface area (Å²) in [5, 5.41) is 0. The quantitative estimate of drug-likeness (QED) is 0.492. The molecule has 0 heterocycles. The van der Waals surface area contributed by atoms with Crippen LogP contribution in [0.25, 0.3) is 0 Å². The van der Waals surface area contributed by atoms with Crippen molar-refractivity contribution in [2.75, 3.05) is 26.2 Å². The van der Waals surface area contributed by atoms with Crippen molar-refractivity contribution in [1.82, 2.24) is 4.90 Å². The lowest BCUT2D eigenvalue weighted by Gasteiger charge is -2.36. The van der Waals surface area contributed by atoms with E-state index in [1.807, 2.05) is 0 Å². The predicted molar refractivity (Wildman–Crippen MR) is 107 cm³/mol. The molecule has 2 rings (SSSR count). The van der Waals surface area contributed by atoms with Crippen molar-refractivity contribution in [3.63, 3.8) is 0 Å². The van der Waals surface area contributed by atoms with Gasteiger partial charge in [0.25, 0.3) is 0 Å². The first kappa shape index (κ1) is 22.8. The van der Waals surface area contributed by atoms with E-state index in [0.29, 0.717) is 6.61 Å². The molecule has 0 bridgehead atoms. The van der Waals surface area contributed by atoms with E-state index in [1.165, 1.54) is 57.8 Å². The highest BCUT2D eigenvalue weighted by Gasteiger charge is 2.41. The molecule has 2 aliphatic rings. The molecule has 0 spiro atoms. The van der Waals surface area contributed by atoms with Crippen LogP contribution in [0, 0.1) is 11.3 Å². The summed E-state index contributed by atoms with van der Waals surface area (Å²) < 4.78 is 5.78. The van der Waals surface area contributed by atoms with Crippen molar-refractivity contribution >= 4 is 18.4 Å². The first-order valence-corrected chi connectivity index (χ1v) is 10.6. The summed E-state index contributed by atoms with van der Waals surface area (Å²) in [5.74, 6) is 0.978.